The Bertz CT molecular complexity index is 554. The van der Waals surface area contributed by atoms with E-state index in [1.165, 1.54) is 32.1 Å². The molecule has 2 bridgehead atoms. The van der Waals surface area contributed by atoms with Gasteiger partial charge < -0.3 is 0 Å². The highest BCUT2D eigenvalue weighted by atomic mass is 35.5. The number of fused-ring (bicyclic) bond motifs is 3. The van der Waals surface area contributed by atoms with Crippen LogP contribution in [-0.2, 0) is 5.41 Å². The van der Waals surface area contributed by atoms with Gasteiger partial charge in [-0.25, -0.2) is 4.39 Å². The minimum absolute atomic E-state index is 0.0243. The average molecular weight is 306 g/mol. The van der Waals surface area contributed by atoms with Gasteiger partial charge in [-0.05, 0) is 73.5 Å². The second kappa shape index (κ2) is 5.29. The first-order valence-electron chi connectivity index (χ1n) is 7.94. The molecule has 3 fully saturated rings. The number of nitriles is 1. The van der Waals surface area contributed by atoms with Crippen molar-refractivity contribution in [2.24, 2.45) is 5.41 Å². The molecule has 0 aliphatic heterocycles. The van der Waals surface area contributed by atoms with E-state index >= 15 is 0 Å². The van der Waals surface area contributed by atoms with Crippen LogP contribution in [0, 0.1) is 22.6 Å². The molecule has 0 unspecified atom stereocenters. The third kappa shape index (κ3) is 2.36. The minimum Gasteiger partial charge on any atom is -0.205 e. The van der Waals surface area contributed by atoms with Gasteiger partial charge in [-0.2, -0.15) is 5.26 Å². The van der Waals surface area contributed by atoms with Gasteiger partial charge in [0.05, 0.1) is 5.02 Å². The van der Waals surface area contributed by atoms with Crippen molar-refractivity contribution in [1.29, 1.82) is 5.26 Å². The first kappa shape index (κ1) is 14.9. The van der Waals surface area contributed by atoms with Crippen LogP contribution in [0.15, 0.2) is 12.1 Å². The van der Waals surface area contributed by atoms with Crippen LogP contribution >= 0.6 is 11.6 Å². The zero-order valence-corrected chi connectivity index (χ0v) is 13.3. The van der Waals surface area contributed by atoms with E-state index in [1.54, 1.807) is 6.07 Å². The van der Waals surface area contributed by atoms with Crippen molar-refractivity contribution >= 4 is 11.6 Å². The monoisotopic (exact) mass is 305 g/mol. The molecular weight excluding hydrogens is 285 g/mol. The van der Waals surface area contributed by atoms with Crippen molar-refractivity contribution in [2.45, 2.75) is 63.7 Å². The van der Waals surface area contributed by atoms with Gasteiger partial charge in [0.15, 0.2) is 0 Å². The van der Waals surface area contributed by atoms with Gasteiger partial charge >= 0.3 is 0 Å². The molecule has 0 atom stereocenters. The van der Waals surface area contributed by atoms with Crippen molar-refractivity contribution in [3.05, 3.63) is 34.1 Å². The van der Waals surface area contributed by atoms with E-state index in [1.807, 2.05) is 12.1 Å². The first-order valence-corrected chi connectivity index (χ1v) is 8.32. The Hall–Kier alpha value is -1.07. The lowest BCUT2D eigenvalue weighted by Crippen LogP contribution is -2.44. The molecule has 1 nitrogen and oxygen atoms in total. The van der Waals surface area contributed by atoms with Crippen LogP contribution in [0.2, 0.25) is 5.02 Å². The first-order chi connectivity index (χ1) is 10.0. The van der Waals surface area contributed by atoms with Gasteiger partial charge in [0, 0.05) is 0 Å². The molecule has 3 saturated carbocycles. The van der Waals surface area contributed by atoms with Crippen molar-refractivity contribution in [2.75, 3.05) is 0 Å². The molecule has 4 rings (SSSR count). The number of benzene rings is 1. The number of rotatable bonds is 3. The summed E-state index contributed by atoms with van der Waals surface area (Å²) in [5, 5.41) is 9.21. The molecule has 3 aliphatic carbocycles. The fourth-order valence-corrected chi connectivity index (χ4v) is 4.84. The van der Waals surface area contributed by atoms with E-state index in [0.717, 1.165) is 24.8 Å². The molecular formula is C18H21ClFN. The van der Waals surface area contributed by atoms with Crippen LogP contribution in [0.3, 0.4) is 0 Å². The summed E-state index contributed by atoms with van der Waals surface area (Å²) >= 11 is 6.10. The normalized spacial score (nSPS) is 31.1. The van der Waals surface area contributed by atoms with Crippen LogP contribution in [0.1, 0.15) is 69.4 Å². The lowest BCUT2D eigenvalue weighted by atomic mass is 9.51. The molecule has 0 saturated heterocycles. The van der Waals surface area contributed by atoms with Gasteiger partial charge in [-0.15, -0.1) is 0 Å². The molecule has 112 valence electrons. The highest BCUT2D eigenvalue weighted by Gasteiger charge is 2.48. The SMILES string of the molecule is CCCC12CCC(c3cc(F)c(C#N)c(Cl)c3)(CC1)CC2. The van der Waals surface area contributed by atoms with Gasteiger partial charge in [0.25, 0.3) is 0 Å². The van der Waals surface area contributed by atoms with Crippen LogP contribution in [-0.4, -0.2) is 0 Å². The molecule has 1 aromatic carbocycles. The molecule has 0 amide bonds. The Labute approximate surface area is 131 Å². The van der Waals surface area contributed by atoms with Gasteiger partial charge in [0.2, 0.25) is 0 Å². The highest BCUT2D eigenvalue weighted by molar-refractivity contribution is 6.31. The van der Waals surface area contributed by atoms with Gasteiger partial charge in [0.1, 0.15) is 17.4 Å². The van der Waals surface area contributed by atoms with Gasteiger partial charge in [-0.1, -0.05) is 24.9 Å². The zero-order valence-electron chi connectivity index (χ0n) is 12.5. The predicted octanol–water partition coefficient (Wildman–Crippen LogP) is 5.74. The van der Waals surface area contributed by atoms with E-state index in [-0.39, 0.29) is 16.0 Å². The second-order valence-corrected chi connectivity index (χ2v) is 7.36. The summed E-state index contributed by atoms with van der Waals surface area (Å²) < 4.78 is 14.1. The third-order valence-corrected chi connectivity index (χ3v) is 6.25. The maximum Gasteiger partial charge on any atom is 0.142 e. The van der Waals surface area contributed by atoms with E-state index < -0.39 is 5.82 Å². The topological polar surface area (TPSA) is 23.8 Å². The van der Waals surface area contributed by atoms with E-state index in [2.05, 4.69) is 6.92 Å². The lowest BCUT2D eigenvalue weighted by Gasteiger charge is -2.54. The Balaban J connectivity index is 1.91. The number of hydrogen-bond acceptors (Lipinski definition) is 1. The fraction of sp³-hybridized carbons (Fsp3) is 0.611. The van der Waals surface area contributed by atoms with Crippen LogP contribution in [0.5, 0.6) is 0 Å². The molecule has 3 aliphatic rings. The zero-order chi connectivity index (χ0) is 15.1. The van der Waals surface area contributed by atoms with Crippen LogP contribution in [0.4, 0.5) is 4.39 Å². The maximum atomic E-state index is 14.1. The van der Waals surface area contributed by atoms with Crippen molar-refractivity contribution < 1.29 is 4.39 Å². The standard InChI is InChI=1S/C18H21ClFN/c1-2-3-17-4-7-18(8-5-17,9-6-17)13-10-15(19)14(12-21)16(20)11-13/h10-11H,2-9H2,1H3. The molecule has 3 heteroatoms. The lowest BCUT2D eigenvalue weighted by molar-refractivity contribution is 0.0319. The van der Waals surface area contributed by atoms with Crippen LogP contribution in [0.25, 0.3) is 0 Å². The van der Waals surface area contributed by atoms with Crippen molar-refractivity contribution in [3.63, 3.8) is 0 Å². The van der Waals surface area contributed by atoms with E-state index in [4.69, 9.17) is 16.9 Å². The molecule has 0 N–H and O–H groups in total. The summed E-state index contributed by atoms with van der Waals surface area (Å²) in [7, 11) is 0. The Kier molecular flexibility index (Phi) is 3.74. The van der Waals surface area contributed by atoms with E-state index in [9.17, 15) is 4.39 Å². The summed E-state index contributed by atoms with van der Waals surface area (Å²) in [4.78, 5) is 0. The van der Waals surface area contributed by atoms with Crippen molar-refractivity contribution in [1.82, 2.24) is 0 Å². The molecule has 0 heterocycles. The van der Waals surface area contributed by atoms with Crippen LogP contribution < -0.4 is 0 Å². The number of halogens is 2. The minimum atomic E-state index is -0.467. The van der Waals surface area contributed by atoms with Gasteiger partial charge in [-0.3, -0.25) is 0 Å². The highest BCUT2D eigenvalue weighted by Crippen LogP contribution is 2.59. The quantitative estimate of drug-likeness (QED) is 0.698. The molecule has 21 heavy (non-hydrogen) atoms. The molecule has 0 aromatic heterocycles. The number of hydrogen-bond donors (Lipinski definition) is 0. The molecule has 0 radical (unpaired) electrons. The average Bonchev–Trinajstić information content (AvgIpc) is 2.49. The number of nitrogens with zero attached hydrogens (tertiary/aromatic N) is 1. The molecule has 0 spiro atoms. The summed E-state index contributed by atoms with van der Waals surface area (Å²) in [5.41, 5.74) is 1.62. The second-order valence-electron chi connectivity index (χ2n) is 6.96. The van der Waals surface area contributed by atoms with E-state index in [0.29, 0.717) is 5.41 Å². The smallest absolute Gasteiger partial charge is 0.142 e. The summed E-state index contributed by atoms with van der Waals surface area (Å²) in [6, 6.07) is 5.24. The fourth-order valence-electron chi connectivity index (χ4n) is 4.59. The largest absolute Gasteiger partial charge is 0.205 e. The summed E-state index contributed by atoms with van der Waals surface area (Å²) in [6.07, 6.45) is 9.73. The Morgan fingerprint density at radius 1 is 1.19 bits per heavy atom. The maximum absolute atomic E-state index is 14.1. The Morgan fingerprint density at radius 3 is 2.29 bits per heavy atom. The summed E-state index contributed by atoms with van der Waals surface area (Å²) in [5.74, 6) is -0.467. The molecule has 1 aromatic rings. The third-order valence-electron chi connectivity index (χ3n) is 5.95. The summed E-state index contributed by atoms with van der Waals surface area (Å²) in [6.45, 7) is 2.26. The predicted molar refractivity (Wildman–Crippen MR) is 82.8 cm³/mol. The van der Waals surface area contributed by atoms with Crippen molar-refractivity contribution in [3.8, 4) is 6.07 Å². The Morgan fingerprint density at radius 2 is 1.81 bits per heavy atom.